The van der Waals surface area contributed by atoms with E-state index in [0.717, 1.165) is 32.1 Å². The molecule has 0 spiro atoms. The van der Waals surface area contributed by atoms with Crippen LogP contribution in [0.1, 0.15) is 59.8 Å². The van der Waals surface area contributed by atoms with Gasteiger partial charge in [0.15, 0.2) is 0 Å². The van der Waals surface area contributed by atoms with Gasteiger partial charge in [0, 0.05) is 26.2 Å². The average molecular weight is 312 g/mol. The monoisotopic (exact) mass is 312 g/mol. The van der Waals surface area contributed by atoms with Gasteiger partial charge in [0.25, 0.3) is 0 Å². The van der Waals surface area contributed by atoms with Gasteiger partial charge in [-0.2, -0.15) is 0 Å². The normalized spacial score (nSPS) is 16.7. The summed E-state index contributed by atoms with van der Waals surface area (Å²) >= 11 is 0. The Labute approximate surface area is 137 Å². The Balaban J connectivity index is 2.04. The molecule has 0 bridgehead atoms. The molecule has 0 N–H and O–H groups in total. The molecule has 0 radical (unpaired) electrons. The van der Waals surface area contributed by atoms with Gasteiger partial charge in [-0.1, -0.05) is 39.5 Å². The first-order chi connectivity index (χ1) is 10.5. The Kier molecular flexibility index (Phi) is 9.73. The van der Waals surface area contributed by atoms with Gasteiger partial charge in [-0.05, 0) is 32.7 Å². The highest BCUT2D eigenvalue weighted by Gasteiger charge is 2.20. The first-order valence-electron chi connectivity index (χ1n) is 9.10. The molecule has 1 amide bonds. The quantitative estimate of drug-likeness (QED) is 0.581. The largest absolute Gasteiger partial charge is 0.369 e. The van der Waals surface area contributed by atoms with Crippen LogP contribution >= 0.6 is 0 Å². The van der Waals surface area contributed by atoms with E-state index in [0.29, 0.717) is 0 Å². The van der Waals surface area contributed by atoms with Gasteiger partial charge in [-0.25, -0.2) is 0 Å². The molecule has 0 atom stereocenters. The molecule has 22 heavy (non-hydrogen) atoms. The number of rotatable bonds is 10. The number of piperazine rings is 1. The van der Waals surface area contributed by atoms with Crippen LogP contribution in [0.4, 0.5) is 0 Å². The molecule has 0 saturated carbocycles. The molecule has 4 nitrogen and oxygen atoms in total. The molecule has 1 saturated heterocycles. The van der Waals surface area contributed by atoms with Crippen LogP contribution in [-0.4, -0.2) is 61.1 Å². The number of ether oxygens (including phenoxy) is 1. The lowest BCUT2D eigenvalue weighted by Gasteiger charge is -2.34. The number of amides is 1. The van der Waals surface area contributed by atoms with Crippen molar-refractivity contribution in [3.05, 3.63) is 0 Å². The molecule has 0 unspecified atom stereocenters. The Morgan fingerprint density at radius 2 is 1.59 bits per heavy atom. The molecule has 0 aliphatic carbocycles. The van der Waals surface area contributed by atoms with Crippen molar-refractivity contribution >= 4 is 5.91 Å². The lowest BCUT2D eigenvalue weighted by atomic mass is 10.0. The number of carbonyl (C=O) groups is 1. The van der Waals surface area contributed by atoms with Crippen molar-refractivity contribution < 1.29 is 9.53 Å². The first-order valence-corrected chi connectivity index (χ1v) is 9.10. The third-order valence-electron chi connectivity index (χ3n) is 4.27. The maximum Gasteiger partial charge on any atom is 0.248 e. The van der Waals surface area contributed by atoms with Crippen molar-refractivity contribution in [2.75, 3.05) is 39.3 Å². The van der Waals surface area contributed by atoms with Crippen molar-refractivity contribution in [2.45, 2.75) is 65.9 Å². The molecule has 1 rings (SSSR count). The summed E-state index contributed by atoms with van der Waals surface area (Å²) in [5.74, 6) is 0.979. The predicted octanol–water partition coefficient (Wildman–Crippen LogP) is 3.16. The van der Waals surface area contributed by atoms with Crippen molar-refractivity contribution in [3.8, 4) is 0 Å². The summed E-state index contributed by atoms with van der Waals surface area (Å²) in [4.78, 5) is 16.4. The van der Waals surface area contributed by atoms with E-state index in [4.69, 9.17) is 4.74 Å². The fraction of sp³-hybridized carbons (Fsp3) is 0.944. The van der Waals surface area contributed by atoms with Crippen molar-refractivity contribution in [2.24, 2.45) is 5.92 Å². The van der Waals surface area contributed by atoms with E-state index in [-0.39, 0.29) is 18.6 Å². The van der Waals surface area contributed by atoms with Gasteiger partial charge in [0.1, 0.15) is 6.61 Å². The van der Waals surface area contributed by atoms with Crippen molar-refractivity contribution in [1.29, 1.82) is 0 Å². The van der Waals surface area contributed by atoms with Crippen LogP contribution in [0, 0.1) is 5.92 Å². The maximum atomic E-state index is 12.0. The Morgan fingerprint density at radius 1 is 0.955 bits per heavy atom. The molecule has 0 aromatic heterocycles. The highest BCUT2D eigenvalue weighted by molar-refractivity contribution is 5.77. The zero-order chi connectivity index (χ0) is 16.4. The molecular formula is C18H36N2O2. The number of nitrogens with zero attached hydrogens (tertiary/aromatic N) is 2. The molecule has 1 aliphatic rings. The molecule has 1 heterocycles. The summed E-state index contributed by atoms with van der Waals surface area (Å²) in [6.45, 7) is 13.7. The third kappa shape index (κ3) is 8.74. The van der Waals surface area contributed by atoms with Crippen LogP contribution in [0.25, 0.3) is 0 Å². The SMILES string of the molecule is CC(C)CCCCCCN1CCN(C(=O)COC(C)C)CC1. The summed E-state index contributed by atoms with van der Waals surface area (Å²) in [6, 6.07) is 0. The highest BCUT2D eigenvalue weighted by Crippen LogP contribution is 2.11. The van der Waals surface area contributed by atoms with Crippen LogP contribution < -0.4 is 0 Å². The molecule has 0 aromatic rings. The summed E-state index contributed by atoms with van der Waals surface area (Å²) in [5.41, 5.74) is 0. The van der Waals surface area contributed by atoms with E-state index in [9.17, 15) is 4.79 Å². The molecule has 0 aromatic carbocycles. The second-order valence-electron chi connectivity index (χ2n) is 7.18. The van der Waals surface area contributed by atoms with Crippen LogP contribution in [0.2, 0.25) is 0 Å². The van der Waals surface area contributed by atoms with E-state index in [2.05, 4.69) is 18.7 Å². The van der Waals surface area contributed by atoms with Crippen LogP contribution in [0.3, 0.4) is 0 Å². The van der Waals surface area contributed by atoms with E-state index in [1.807, 2.05) is 18.7 Å². The second-order valence-corrected chi connectivity index (χ2v) is 7.18. The summed E-state index contributed by atoms with van der Waals surface area (Å²) in [7, 11) is 0. The average Bonchev–Trinajstić information content (AvgIpc) is 2.48. The Hall–Kier alpha value is -0.610. The van der Waals surface area contributed by atoms with Gasteiger partial charge in [-0.15, -0.1) is 0 Å². The fourth-order valence-corrected chi connectivity index (χ4v) is 2.79. The molecule has 1 aliphatic heterocycles. The smallest absolute Gasteiger partial charge is 0.248 e. The minimum Gasteiger partial charge on any atom is -0.369 e. The summed E-state index contributed by atoms with van der Waals surface area (Å²) in [6.07, 6.45) is 6.86. The predicted molar refractivity (Wildman–Crippen MR) is 92.0 cm³/mol. The lowest BCUT2D eigenvalue weighted by Crippen LogP contribution is -2.49. The number of hydrogen-bond donors (Lipinski definition) is 0. The van der Waals surface area contributed by atoms with Gasteiger partial charge in [0.05, 0.1) is 6.10 Å². The zero-order valence-corrected chi connectivity index (χ0v) is 15.1. The van der Waals surface area contributed by atoms with Gasteiger partial charge in [-0.3, -0.25) is 9.69 Å². The number of carbonyl (C=O) groups excluding carboxylic acids is 1. The molecule has 130 valence electrons. The lowest BCUT2D eigenvalue weighted by molar-refractivity contribution is -0.139. The van der Waals surface area contributed by atoms with Crippen molar-refractivity contribution in [1.82, 2.24) is 9.80 Å². The van der Waals surface area contributed by atoms with E-state index in [1.54, 1.807) is 0 Å². The number of hydrogen-bond acceptors (Lipinski definition) is 3. The minimum atomic E-state index is 0.126. The fourth-order valence-electron chi connectivity index (χ4n) is 2.79. The summed E-state index contributed by atoms with van der Waals surface area (Å²) in [5, 5.41) is 0. The van der Waals surface area contributed by atoms with E-state index >= 15 is 0 Å². The number of unbranched alkanes of at least 4 members (excludes halogenated alkanes) is 3. The van der Waals surface area contributed by atoms with Crippen LogP contribution in [0.5, 0.6) is 0 Å². The van der Waals surface area contributed by atoms with Crippen molar-refractivity contribution in [3.63, 3.8) is 0 Å². The van der Waals surface area contributed by atoms with Crippen LogP contribution in [0.15, 0.2) is 0 Å². The van der Waals surface area contributed by atoms with E-state index in [1.165, 1.54) is 38.6 Å². The topological polar surface area (TPSA) is 32.8 Å². The van der Waals surface area contributed by atoms with Gasteiger partial charge in [0.2, 0.25) is 5.91 Å². The van der Waals surface area contributed by atoms with E-state index < -0.39 is 0 Å². The zero-order valence-electron chi connectivity index (χ0n) is 15.1. The van der Waals surface area contributed by atoms with Crippen LogP contribution in [-0.2, 0) is 9.53 Å². The third-order valence-corrected chi connectivity index (χ3v) is 4.27. The summed E-state index contributed by atoms with van der Waals surface area (Å²) < 4.78 is 5.40. The maximum absolute atomic E-state index is 12.0. The first kappa shape index (κ1) is 19.4. The van der Waals surface area contributed by atoms with Gasteiger partial charge >= 0.3 is 0 Å². The Morgan fingerprint density at radius 3 is 2.18 bits per heavy atom. The standard InChI is InChI=1S/C18H36N2O2/c1-16(2)9-7-5-6-8-10-19-11-13-20(14-12-19)18(21)15-22-17(3)4/h16-17H,5-15H2,1-4H3. The minimum absolute atomic E-state index is 0.126. The Bertz CT molecular complexity index is 297. The molecule has 1 fully saturated rings. The van der Waals surface area contributed by atoms with Gasteiger partial charge < -0.3 is 9.64 Å². The highest BCUT2D eigenvalue weighted by atomic mass is 16.5. The molecular weight excluding hydrogens is 276 g/mol. The second kappa shape index (κ2) is 11.0. The molecule has 4 heteroatoms.